The summed E-state index contributed by atoms with van der Waals surface area (Å²) in [6.45, 7) is 3.44. The van der Waals surface area contributed by atoms with Crippen LogP contribution in [-0.2, 0) is 24.2 Å². The highest BCUT2D eigenvalue weighted by Gasteiger charge is 2.22. The second kappa shape index (κ2) is 8.15. The molecular weight excluding hydrogens is 426 g/mol. The molecule has 0 unspecified atom stereocenters. The van der Waals surface area contributed by atoms with Crippen molar-refractivity contribution in [2.24, 2.45) is 0 Å². The Hall–Kier alpha value is -3.19. The maximum Gasteiger partial charge on any atom is 0.270 e. The maximum absolute atomic E-state index is 14.0. The number of aryl methyl sites for hydroxylation is 2. The number of carbonyl (C=O) groups is 1. The quantitative estimate of drug-likeness (QED) is 0.604. The molecule has 8 heteroatoms. The summed E-state index contributed by atoms with van der Waals surface area (Å²) in [5.41, 5.74) is 4.43. The molecule has 2 heterocycles. The second-order valence-electron chi connectivity index (χ2n) is 7.56. The molecule has 0 saturated carbocycles. The molecule has 0 bridgehead atoms. The highest BCUT2D eigenvalue weighted by molar-refractivity contribution is 6.32. The van der Waals surface area contributed by atoms with Crippen LogP contribution in [0.1, 0.15) is 33.5 Å². The summed E-state index contributed by atoms with van der Waals surface area (Å²) in [6.07, 6.45) is 0.693. The molecule has 1 aliphatic heterocycles. The third kappa shape index (κ3) is 4.18. The molecule has 1 amide bonds. The topological polar surface area (TPSA) is 71.2 Å². The van der Waals surface area contributed by atoms with Gasteiger partial charge in [0.15, 0.2) is 0 Å². The molecule has 2 N–H and O–H groups in total. The summed E-state index contributed by atoms with van der Waals surface area (Å²) in [4.78, 5) is 26.6. The van der Waals surface area contributed by atoms with Gasteiger partial charge in [0.2, 0.25) is 5.91 Å². The molecule has 0 aliphatic carbocycles. The number of amides is 1. The average Bonchev–Trinajstić information content (AvgIpc) is 3.05. The first kappa shape index (κ1) is 21.1. The zero-order valence-electron chi connectivity index (χ0n) is 16.9. The van der Waals surface area contributed by atoms with Crippen LogP contribution in [0.25, 0.3) is 0 Å². The molecule has 1 aromatic heterocycles. The number of hydrogen-bond acceptors (Lipinski definition) is 3. The highest BCUT2D eigenvalue weighted by Crippen LogP contribution is 2.33. The predicted molar refractivity (Wildman–Crippen MR) is 114 cm³/mol. The number of aromatic nitrogens is 1. The highest BCUT2D eigenvalue weighted by atomic mass is 35.5. The number of rotatable bonds is 5. The Bertz CT molecular complexity index is 1270. The molecular formula is C23H19ClF2N2O3. The van der Waals surface area contributed by atoms with Crippen molar-refractivity contribution in [3.63, 3.8) is 0 Å². The van der Waals surface area contributed by atoms with Gasteiger partial charge in [0, 0.05) is 35.0 Å². The van der Waals surface area contributed by atoms with Crippen LogP contribution in [0, 0.1) is 25.5 Å². The van der Waals surface area contributed by atoms with Crippen molar-refractivity contribution in [1.29, 1.82) is 0 Å². The van der Waals surface area contributed by atoms with Crippen molar-refractivity contribution in [2.45, 2.75) is 33.3 Å². The van der Waals surface area contributed by atoms with Gasteiger partial charge in [0.05, 0.1) is 6.42 Å². The largest absolute Gasteiger partial charge is 0.487 e. The SMILES string of the molecule is Cc1cc2c(cc1Cc1c(C)[nH]c(=O)c(Cl)c1OCc1ccc(F)cc1F)CC(=O)N2. The normalized spacial score (nSPS) is 12.6. The first-order chi connectivity index (χ1) is 14.7. The standard InChI is InChI=1S/C23H19ClF2N2O3/c1-11-5-19-15(8-20(29)28-19)6-14(11)7-17-12(2)27-23(30)21(24)22(17)31-10-13-3-4-16(25)9-18(13)26/h3-6,9H,7-8,10H2,1-2H3,(H,27,30)(H,28,29). The van der Waals surface area contributed by atoms with Crippen molar-refractivity contribution in [2.75, 3.05) is 5.32 Å². The van der Waals surface area contributed by atoms with E-state index in [2.05, 4.69) is 10.3 Å². The van der Waals surface area contributed by atoms with Crippen LogP contribution >= 0.6 is 11.6 Å². The van der Waals surface area contributed by atoms with Gasteiger partial charge in [-0.1, -0.05) is 17.7 Å². The van der Waals surface area contributed by atoms with E-state index in [4.69, 9.17) is 16.3 Å². The van der Waals surface area contributed by atoms with Gasteiger partial charge in [-0.3, -0.25) is 9.59 Å². The fourth-order valence-corrected chi connectivity index (χ4v) is 3.89. The van der Waals surface area contributed by atoms with Crippen molar-refractivity contribution >= 4 is 23.2 Å². The summed E-state index contributed by atoms with van der Waals surface area (Å²) in [5.74, 6) is -1.33. The van der Waals surface area contributed by atoms with Crippen LogP contribution in [0.5, 0.6) is 5.75 Å². The maximum atomic E-state index is 14.0. The van der Waals surface area contributed by atoms with Crippen LogP contribution in [0.15, 0.2) is 35.1 Å². The number of carbonyl (C=O) groups excluding carboxylic acids is 1. The number of hydrogen-bond donors (Lipinski definition) is 2. The lowest BCUT2D eigenvalue weighted by atomic mass is 9.96. The molecule has 0 spiro atoms. The van der Waals surface area contributed by atoms with E-state index in [0.717, 1.165) is 34.5 Å². The molecule has 0 saturated heterocycles. The molecule has 0 fully saturated rings. The average molecular weight is 445 g/mol. The summed E-state index contributed by atoms with van der Waals surface area (Å²) in [6, 6.07) is 7.05. The number of ether oxygens (including phenoxy) is 1. The molecule has 2 aromatic carbocycles. The van der Waals surface area contributed by atoms with Crippen molar-refractivity contribution in [3.05, 3.63) is 90.9 Å². The van der Waals surface area contributed by atoms with Crippen LogP contribution in [0.3, 0.4) is 0 Å². The van der Waals surface area contributed by atoms with Crippen LogP contribution in [-0.4, -0.2) is 10.9 Å². The van der Waals surface area contributed by atoms with E-state index >= 15 is 0 Å². The minimum Gasteiger partial charge on any atom is -0.487 e. The lowest BCUT2D eigenvalue weighted by Gasteiger charge is -2.17. The molecule has 31 heavy (non-hydrogen) atoms. The second-order valence-corrected chi connectivity index (χ2v) is 7.94. The summed E-state index contributed by atoms with van der Waals surface area (Å²) in [7, 11) is 0. The van der Waals surface area contributed by atoms with Gasteiger partial charge in [-0.15, -0.1) is 0 Å². The number of benzene rings is 2. The summed E-state index contributed by atoms with van der Waals surface area (Å²) < 4.78 is 33.0. The Morgan fingerprint density at radius 3 is 2.61 bits per heavy atom. The van der Waals surface area contributed by atoms with Gasteiger partial charge in [-0.2, -0.15) is 0 Å². The van der Waals surface area contributed by atoms with E-state index in [1.54, 1.807) is 6.92 Å². The number of pyridine rings is 1. The minimum absolute atomic E-state index is 0.0554. The first-order valence-electron chi connectivity index (χ1n) is 9.63. The van der Waals surface area contributed by atoms with E-state index in [1.807, 2.05) is 19.1 Å². The Labute approximate surface area is 182 Å². The van der Waals surface area contributed by atoms with E-state index in [0.29, 0.717) is 24.1 Å². The van der Waals surface area contributed by atoms with Gasteiger partial charge in [0.1, 0.15) is 29.0 Å². The molecule has 3 aromatic rings. The predicted octanol–water partition coefficient (Wildman–Crippen LogP) is 4.59. The first-order valence-corrected chi connectivity index (χ1v) is 10.0. The van der Waals surface area contributed by atoms with Crippen LogP contribution in [0.2, 0.25) is 5.02 Å². The molecule has 4 rings (SSSR count). The Morgan fingerprint density at radius 2 is 1.87 bits per heavy atom. The van der Waals surface area contributed by atoms with E-state index in [9.17, 15) is 18.4 Å². The minimum atomic E-state index is -0.745. The number of nitrogens with one attached hydrogen (secondary N) is 2. The fourth-order valence-electron chi connectivity index (χ4n) is 3.67. The fraction of sp³-hybridized carbons (Fsp3) is 0.217. The summed E-state index contributed by atoms with van der Waals surface area (Å²) in [5, 5.41) is 2.68. The van der Waals surface area contributed by atoms with Crippen LogP contribution < -0.4 is 15.6 Å². The number of halogens is 3. The zero-order valence-corrected chi connectivity index (χ0v) is 17.6. The third-order valence-corrected chi connectivity index (χ3v) is 5.71. The molecule has 160 valence electrons. The molecule has 5 nitrogen and oxygen atoms in total. The van der Waals surface area contributed by atoms with Crippen molar-refractivity contribution in [3.8, 4) is 5.75 Å². The number of H-pyrrole nitrogens is 1. The zero-order chi connectivity index (χ0) is 22.3. The van der Waals surface area contributed by atoms with E-state index < -0.39 is 17.2 Å². The number of fused-ring (bicyclic) bond motifs is 1. The third-order valence-electron chi connectivity index (χ3n) is 5.37. The summed E-state index contributed by atoms with van der Waals surface area (Å²) >= 11 is 6.24. The van der Waals surface area contributed by atoms with E-state index in [-0.39, 0.29) is 28.8 Å². The monoisotopic (exact) mass is 444 g/mol. The van der Waals surface area contributed by atoms with Gasteiger partial charge >= 0.3 is 0 Å². The van der Waals surface area contributed by atoms with Crippen molar-refractivity contribution in [1.82, 2.24) is 4.98 Å². The van der Waals surface area contributed by atoms with E-state index in [1.165, 1.54) is 6.07 Å². The Kier molecular flexibility index (Phi) is 5.54. The van der Waals surface area contributed by atoms with Gasteiger partial charge in [-0.05, 0) is 48.7 Å². The lowest BCUT2D eigenvalue weighted by Crippen LogP contribution is -2.15. The van der Waals surface area contributed by atoms with Gasteiger partial charge < -0.3 is 15.0 Å². The van der Waals surface area contributed by atoms with Gasteiger partial charge in [-0.25, -0.2) is 8.78 Å². The molecule has 0 radical (unpaired) electrons. The van der Waals surface area contributed by atoms with Gasteiger partial charge in [0.25, 0.3) is 5.56 Å². The van der Waals surface area contributed by atoms with Crippen molar-refractivity contribution < 1.29 is 18.3 Å². The number of aromatic amines is 1. The molecule has 0 atom stereocenters. The van der Waals surface area contributed by atoms with Crippen LogP contribution in [0.4, 0.5) is 14.5 Å². The molecule has 1 aliphatic rings. The smallest absolute Gasteiger partial charge is 0.270 e. The lowest BCUT2D eigenvalue weighted by molar-refractivity contribution is -0.115. The number of anilines is 1. The Morgan fingerprint density at radius 1 is 1.10 bits per heavy atom. The Balaban J connectivity index is 1.70.